The number of benzene rings is 1. The van der Waals surface area contributed by atoms with Crippen molar-refractivity contribution in [2.24, 2.45) is 5.41 Å². The average molecular weight is 328 g/mol. The van der Waals surface area contributed by atoms with Crippen molar-refractivity contribution in [2.45, 2.75) is 25.8 Å². The molecule has 1 aliphatic carbocycles. The number of nitrogens with one attached hydrogen (secondary N) is 2. The Labute approximate surface area is 142 Å². The maximum Gasteiger partial charge on any atom is 0.317 e. The largest absolute Gasteiger partial charge is 0.337 e. The van der Waals surface area contributed by atoms with Crippen LogP contribution in [0.25, 0.3) is 0 Å². The van der Waals surface area contributed by atoms with Crippen LogP contribution in [0, 0.1) is 5.41 Å². The number of fused-ring (bicyclic) bond motifs is 2. The van der Waals surface area contributed by atoms with E-state index in [1.807, 2.05) is 9.80 Å². The highest BCUT2D eigenvalue weighted by Crippen LogP contribution is 2.36. The van der Waals surface area contributed by atoms with E-state index >= 15 is 0 Å². The minimum Gasteiger partial charge on any atom is -0.337 e. The first kappa shape index (κ1) is 15.3. The van der Waals surface area contributed by atoms with Gasteiger partial charge in [0, 0.05) is 32.7 Å². The Bertz CT molecular complexity index is 650. The van der Waals surface area contributed by atoms with E-state index < -0.39 is 0 Å². The van der Waals surface area contributed by atoms with Crippen molar-refractivity contribution in [1.82, 2.24) is 20.4 Å². The second kappa shape index (κ2) is 5.69. The zero-order chi connectivity index (χ0) is 16.7. The highest BCUT2D eigenvalue weighted by molar-refractivity contribution is 5.78. The van der Waals surface area contributed by atoms with Gasteiger partial charge in [-0.1, -0.05) is 31.2 Å². The van der Waals surface area contributed by atoms with Gasteiger partial charge in [0.2, 0.25) is 0 Å². The molecule has 4 rings (SSSR count). The van der Waals surface area contributed by atoms with Crippen molar-refractivity contribution in [3.8, 4) is 0 Å². The third-order valence-electron chi connectivity index (χ3n) is 5.54. The molecule has 6 nitrogen and oxygen atoms in total. The molecule has 2 saturated heterocycles. The van der Waals surface area contributed by atoms with Crippen molar-refractivity contribution in [3.63, 3.8) is 0 Å². The molecule has 2 aliphatic heterocycles. The topological polar surface area (TPSA) is 64.7 Å². The Morgan fingerprint density at radius 1 is 1.29 bits per heavy atom. The minimum absolute atomic E-state index is 0.00344. The normalized spacial score (nSPS) is 24.4. The van der Waals surface area contributed by atoms with Gasteiger partial charge < -0.3 is 20.4 Å². The first-order valence-corrected chi connectivity index (χ1v) is 8.68. The molecule has 128 valence electrons. The maximum atomic E-state index is 12.5. The number of rotatable bonds is 2. The molecular formula is C18H24N4O2. The molecule has 4 amide bonds. The molecule has 2 N–H and O–H groups in total. The molecule has 1 aromatic carbocycles. The second-order valence-electron chi connectivity index (χ2n) is 7.57. The molecule has 2 fully saturated rings. The Hall–Kier alpha value is -2.24. The third kappa shape index (κ3) is 2.70. The molecule has 1 aromatic rings. The number of carbonyl (C=O) groups is 2. The van der Waals surface area contributed by atoms with E-state index in [4.69, 9.17) is 0 Å². The lowest BCUT2D eigenvalue weighted by Crippen LogP contribution is -2.56. The summed E-state index contributed by atoms with van der Waals surface area (Å²) in [5.74, 6) is 0. The SMILES string of the molecule is CC1(CNC(=O)N2CCN3C(=O)NCC3C2)Cc2ccccc2C1. The highest BCUT2D eigenvalue weighted by Gasteiger charge is 2.38. The minimum atomic E-state index is -0.00817. The molecule has 0 bridgehead atoms. The summed E-state index contributed by atoms with van der Waals surface area (Å²) in [7, 11) is 0. The van der Waals surface area contributed by atoms with Crippen molar-refractivity contribution in [1.29, 1.82) is 0 Å². The van der Waals surface area contributed by atoms with E-state index in [1.165, 1.54) is 11.1 Å². The molecule has 1 atom stereocenters. The van der Waals surface area contributed by atoms with Crippen LogP contribution >= 0.6 is 0 Å². The number of hydrogen-bond acceptors (Lipinski definition) is 2. The first-order chi connectivity index (χ1) is 11.5. The number of nitrogens with zero attached hydrogens (tertiary/aromatic N) is 2. The van der Waals surface area contributed by atoms with Crippen LogP contribution in [0.15, 0.2) is 24.3 Å². The van der Waals surface area contributed by atoms with Crippen LogP contribution in [0.2, 0.25) is 0 Å². The summed E-state index contributed by atoms with van der Waals surface area (Å²) >= 11 is 0. The summed E-state index contributed by atoms with van der Waals surface area (Å²) in [4.78, 5) is 27.8. The Morgan fingerprint density at radius 2 is 2.00 bits per heavy atom. The third-order valence-corrected chi connectivity index (χ3v) is 5.54. The average Bonchev–Trinajstić information content (AvgIpc) is 3.12. The molecule has 24 heavy (non-hydrogen) atoms. The van der Waals surface area contributed by atoms with Crippen LogP contribution in [0.3, 0.4) is 0 Å². The fraction of sp³-hybridized carbons (Fsp3) is 0.556. The van der Waals surface area contributed by atoms with Crippen LogP contribution in [-0.4, -0.2) is 60.6 Å². The van der Waals surface area contributed by atoms with Crippen molar-refractivity contribution >= 4 is 12.1 Å². The van der Waals surface area contributed by atoms with Gasteiger partial charge in [-0.25, -0.2) is 9.59 Å². The lowest BCUT2D eigenvalue weighted by Gasteiger charge is -2.37. The molecule has 6 heteroatoms. The Balaban J connectivity index is 1.32. The zero-order valence-electron chi connectivity index (χ0n) is 14.0. The van der Waals surface area contributed by atoms with Crippen LogP contribution in [-0.2, 0) is 12.8 Å². The maximum absolute atomic E-state index is 12.5. The monoisotopic (exact) mass is 328 g/mol. The van der Waals surface area contributed by atoms with Gasteiger partial charge in [-0.3, -0.25) is 0 Å². The molecule has 0 saturated carbocycles. The molecule has 2 heterocycles. The molecule has 0 aromatic heterocycles. The summed E-state index contributed by atoms with van der Waals surface area (Å²) < 4.78 is 0. The van der Waals surface area contributed by atoms with Gasteiger partial charge in [0.05, 0.1) is 6.04 Å². The van der Waals surface area contributed by atoms with Gasteiger partial charge in [0.25, 0.3) is 0 Å². The van der Waals surface area contributed by atoms with Crippen LogP contribution in [0.5, 0.6) is 0 Å². The zero-order valence-corrected chi connectivity index (χ0v) is 14.0. The van der Waals surface area contributed by atoms with Crippen LogP contribution in [0.4, 0.5) is 9.59 Å². The predicted octanol–water partition coefficient (Wildman–Crippen LogP) is 1.21. The predicted molar refractivity (Wildman–Crippen MR) is 90.8 cm³/mol. The Kier molecular flexibility index (Phi) is 3.62. The summed E-state index contributed by atoms with van der Waals surface area (Å²) in [6.07, 6.45) is 2.02. The van der Waals surface area contributed by atoms with Crippen LogP contribution in [0.1, 0.15) is 18.1 Å². The van der Waals surface area contributed by atoms with E-state index in [0.717, 1.165) is 12.8 Å². The number of piperazine rings is 1. The van der Waals surface area contributed by atoms with Gasteiger partial charge in [0.1, 0.15) is 0 Å². The quantitative estimate of drug-likeness (QED) is 0.857. The van der Waals surface area contributed by atoms with Gasteiger partial charge in [-0.2, -0.15) is 0 Å². The van der Waals surface area contributed by atoms with E-state index in [9.17, 15) is 9.59 Å². The summed E-state index contributed by atoms with van der Waals surface area (Å²) in [5, 5.41) is 5.97. The fourth-order valence-electron chi connectivity index (χ4n) is 4.20. The summed E-state index contributed by atoms with van der Waals surface area (Å²) in [6.45, 7) is 5.39. The van der Waals surface area contributed by atoms with Crippen molar-refractivity contribution in [2.75, 3.05) is 32.7 Å². The van der Waals surface area contributed by atoms with Crippen molar-refractivity contribution < 1.29 is 9.59 Å². The van der Waals surface area contributed by atoms with E-state index in [0.29, 0.717) is 32.7 Å². The fourth-order valence-corrected chi connectivity index (χ4v) is 4.20. The molecule has 0 spiro atoms. The lowest BCUT2D eigenvalue weighted by atomic mass is 9.87. The van der Waals surface area contributed by atoms with E-state index in [1.54, 1.807) is 0 Å². The highest BCUT2D eigenvalue weighted by atomic mass is 16.2. The van der Waals surface area contributed by atoms with E-state index in [2.05, 4.69) is 41.8 Å². The number of hydrogen-bond donors (Lipinski definition) is 2. The Morgan fingerprint density at radius 3 is 2.71 bits per heavy atom. The number of urea groups is 2. The first-order valence-electron chi connectivity index (χ1n) is 8.68. The standard InChI is InChI=1S/C18H24N4O2/c1-18(8-13-4-2-3-5-14(13)9-18)12-20-16(23)21-6-7-22-15(11-21)10-19-17(22)24/h2-5,15H,6-12H2,1H3,(H,19,24)(H,20,23). The van der Waals surface area contributed by atoms with E-state index in [-0.39, 0.29) is 23.5 Å². The summed E-state index contributed by atoms with van der Waals surface area (Å²) in [5.41, 5.74) is 2.89. The van der Waals surface area contributed by atoms with Crippen molar-refractivity contribution in [3.05, 3.63) is 35.4 Å². The van der Waals surface area contributed by atoms with Gasteiger partial charge in [-0.05, 0) is 29.4 Å². The van der Waals surface area contributed by atoms with Crippen LogP contribution < -0.4 is 10.6 Å². The van der Waals surface area contributed by atoms with Gasteiger partial charge in [-0.15, -0.1) is 0 Å². The molecular weight excluding hydrogens is 304 g/mol. The van der Waals surface area contributed by atoms with Gasteiger partial charge >= 0.3 is 12.1 Å². The van der Waals surface area contributed by atoms with Gasteiger partial charge in [0.15, 0.2) is 0 Å². The molecule has 3 aliphatic rings. The number of amides is 4. The lowest BCUT2D eigenvalue weighted by molar-refractivity contribution is 0.127. The smallest absolute Gasteiger partial charge is 0.317 e. The number of carbonyl (C=O) groups excluding carboxylic acids is 2. The molecule has 0 radical (unpaired) electrons. The second-order valence-corrected chi connectivity index (χ2v) is 7.57. The summed E-state index contributed by atoms with van der Waals surface area (Å²) in [6, 6.07) is 8.64. The molecule has 1 unspecified atom stereocenters.